The monoisotopic (exact) mass is 521 g/mol. The number of rotatable bonds is 8. The molecule has 4 aromatic rings. The van der Waals surface area contributed by atoms with Gasteiger partial charge in [0.15, 0.2) is 11.5 Å². The van der Waals surface area contributed by atoms with Crippen LogP contribution in [0.4, 0.5) is 10.6 Å². The minimum Gasteiger partial charge on any atom is -0.493 e. The lowest BCUT2D eigenvalue weighted by Gasteiger charge is -2.22. The quantitative estimate of drug-likeness (QED) is 0.293. The molecule has 1 aromatic carbocycles. The van der Waals surface area contributed by atoms with Crippen LogP contribution in [0.2, 0.25) is 0 Å². The number of nitrogen functional groups attached to an aromatic ring is 1. The molecule has 0 saturated heterocycles. The summed E-state index contributed by atoms with van der Waals surface area (Å²) in [6.07, 6.45) is 4.22. The van der Waals surface area contributed by atoms with E-state index in [2.05, 4.69) is 20.3 Å². The number of hydrogen-bond donors (Lipinski definition) is 3. The van der Waals surface area contributed by atoms with Crippen molar-refractivity contribution in [2.75, 3.05) is 33.2 Å². The van der Waals surface area contributed by atoms with Crippen molar-refractivity contribution in [2.45, 2.75) is 32.4 Å². The molecule has 0 aliphatic heterocycles. The first-order valence-electron chi connectivity index (χ1n) is 11.9. The van der Waals surface area contributed by atoms with E-state index < -0.39 is 17.7 Å². The van der Waals surface area contributed by atoms with Gasteiger partial charge in [0.2, 0.25) is 0 Å². The fourth-order valence-corrected chi connectivity index (χ4v) is 3.85. The van der Waals surface area contributed by atoms with Crippen molar-refractivity contribution in [1.29, 1.82) is 0 Å². The maximum atomic E-state index is 12.0. The lowest BCUT2D eigenvalue weighted by atomic mass is 10.0. The molecule has 0 fully saturated rings. The van der Waals surface area contributed by atoms with Crippen LogP contribution in [0.25, 0.3) is 32.9 Å². The molecule has 0 bridgehead atoms. The number of aliphatic hydroxyl groups excluding tert-OH is 1. The van der Waals surface area contributed by atoms with E-state index in [4.69, 9.17) is 24.7 Å². The van der Waals surface area contributed by atoms with Crippen LogP contribution in [0.5, 0.6) is 17.2 Å². The number of methoxy groups -OCH3 is 2. The normalized spacial score (nSPS) is 12.3. The number of nitrogens with one attached hydrogen (secondary N) is 1. The summed E-state index contributed by atoms with van der Waals surface area (Å²) in [5.74, 6) is 1.89. The van der Waals surface area contributed by atoms with Crippen molar-refractivity contribution < 1.29 is 28.8 Å². The van der Waals surface area contributed by atoms with Crippen molar-refractivity contribution in [3.63, 3.8) is 0 Å². The molecule has 0 radical (unpaired) electrons. The zero-order valence-corrected chi connectivity index (χ0v) is 21.9. The maximum Gasteiger partial charge on any atom is 0.408 e. The van der Waals surface area contributed by atoms with Gasteiger partial charge in [0, 0.05) is 34.8 Å². The Hall–Kier alpha value is -4.38. The molecular weight excluding hydrogens is 490 g/mol. The van der Waals surface area contributed by atoms with E-state index in [1.165, 1.54) is 6.20 Å². The van der Waals surface area contributed by atoms with Gasteiger partial charge in [0.1, 0.15) is 23.8 Å². The second-order valence-corrected chi connectivity index (χ2v) is 9.58. The van der Waals surface area contributed by atoms with E-state index in [9.17, 15) is 9.90 Å². The van der Waals surface area contributed by atoms with Gasteiger partial charge in [-0.05, 0) is 44.4 Å². The van der Waals surface area contributed by atoms with Crippen LogP contribution in [0.3, 0.4) is 0 Å². The number of amides is 1. The molecular formula is C27H31N5O6. The number of hydrogen-bond acceptors (Lipinski definition) is 10. The van der Waals surface area contributed by atoms with Crippen molar-refractivity contribution in [3.8, 4) is 28.5 Å². The second-order valence-electron chi connectivity index (χ2n) is 9.58. The number of nitrogens with zero attached hydrogens (tertiary/aromatic N) is 3. The highest BCUT2D eigenvalue weighted by molar-refractivity contribution is 6.10. The molecule has 38 heavy (non-hydrogen) atoms. The third-order valence-corrected chi connectivity index (χ3v) is 5.61. The summed E-state index contributed by atoms with van der Waals surface area (Å²) in [6, 6.07) is 6.66. The van der Waals surface area contributed by atoms with Crippen molar-refractivity contribution in [2.24, 2.45) is 0 Å². The number of aliphatic hydroxyl groups is 1. The average Bonchev–Trinajstić information content (AvgIpc) is 2.89. The Morgan fingerprint density at radius 2 is 1.76 bits per heavy atom. The van der Waals surface area contributed by atoms with Gasteiger partial charge in [-0.1, -0.05) is 0 Å². The fraction of sp³-hybridized carbons (Fsp3) is 0.333. The highest BCUT2D eigenvalue weighted by Crippen LogP contribution is 2.37. The molecule has 3 aromatic heterocycles. The number of nitrogens with two attached hydrogens (primary N) is 1. The van der Waals surface area contributed by atoms with Gasteiger partial charge in [-0.3, -0.25) is 9.97 Å². The van der Waals surface area contributed by atoms with E-state index in [1.807, 2.05) is 18.2 Å². The molecule has 200 valence electrons. The lowest BCUT2D eigenvalue weighted by molar-refractivity contribution is 0.0458. The minimum absolute atomic E-state index is 0.00605. The summed E-state index contributed by atoms with van der Waals surface area (Å²) in [6.45, 7) is 4.95. The van der Waals surface area contributed by atoms with Gasteiger partial charge in [-0.25, -0.2) is 9.78 Å². The predicted octanol–water partition coefficient (Wildman–Crippen LogP) is 3.71. The zero-order chi connectivity index (χ0) is 27.4. The SMILES string of the molecule is COc1cc2ncc3c(N)nc(-c4cncc(OCC(CO)NC(=O)OC(C)(C)C)c4)cc3c2cc1OC. The van der Waals surface area contributed by atoms with Gasteiger partial charge < -0.3 is 35.1 Å². The standard InChI is InChI=1S/C27H31N5O6/c1-27(2,3)38-26(34)31-16(13-33)14-37-17-6-15(10-29-11-17)21-7-18-19-8-23(35-4)24(36-5)9-22(19)30-12-20(18)25(28)32-21/h6-12,16,33H,13-14H2,1-5H3,(H2,28,32)(H,31,34). The molecule has 0 spiro atoms. The van der Waals surface area contributed by atoms with E-state index in [0.717, 1.165) is 16.3 Å². The first kappa shape index (κ1) is 26.7. The van der Waals surface area contributed by atoms with Crippen molar-refractivity contribution in [1.82, 2.24) is 20.3 Å². The van der Waals surface area contributed by atoms with Crippen LogP contribution in [0, 0.1) is 0 Å². The molecule has 3 heterocycles. The molecule has 4 N–H and O–H groups in total. The Bertz CT molecular complexity index is 1470. The molecule has 1 unspecified atom stereocenters. The third kappa shape index (κ3) is 5.94. The molecule has 0 saturated carbocycles. The Kier molecular flexibility index (Phi) is 7.67. The second kappa shape index (κ2) is 10.9. The Morgan fingerprint density at radius 3 is 2.45 bits per heavy atom. The van der Waals surface area contributed by atoms with E-state index in [-0.39, 0.29) is 13.2 Å². The number of alkyl carbamates (subject to hydrolysis) is 1. The summed E-state index contributed by atoms with van der Waals surface area (Å²) in [5.41, 5.74) is 7.63. The highest BCUT2D eigenvalue weighted by Gasteiger charge is 2.20. The predicted molar refractivity (Wildman–Crippen MR) is 144 cm³/mol. The molecule has 0 aliphatic carbocycles. The van der Waals surface area contributed by atoms with Crippen LogP contribution >= 0.6 is 0 Å². The number of anilines is 1. The van der Waals surface area contributed by atoms with Crippen LogP contribution in [-0.2, 0) is 4.74 Å². The summed E-state index contributed by atoms with van der Waals surface area (Å²) in [7, 11) is 3.15. The smallest absolute Gasteiger partial charge is 0.408 e. The van der Waals surface area contributed by atoms with Gasteiger partial charge in [-0.2, -0.15) is 0 Å². The van der Waals surface area contributed by atoms with Crippen molar-refractivity contribution >= 4 is 33.6 Å². The topological polar surface area (TPSA) is 151 Å². The summed E-state index contributed by atoms with van der Waals surface area (Å²) < 4.78 is 21.9. The van der Waals surface area contributed by atoms with Crippen molar-refractivity contribution in [3.05, 3.63) is 42.9 Å². The molecule has 4 rings (SSSR count). The van der Waals surface area contributed by atoms with E-state index in [0.29, 0.717) is 39.7 Å². The number of ether oxygens (including phenoxy) is 4. The number of carbonyl (C=O) groups is 1. The van der Waals surface area contributed by atoms with Crippen LogP contribution in [0.15, 0.2) is 42.9 Å². The Balaban J connectivity index is 1.62. The van der Waals surface area contributed by atoms with Crippen LogP contribution < -0.4 is 25.3 Å². The van der Waals surface area contributed by atoms with Gasteiger partial charge >= 0.3 is 6.09 Å². The minimum atomic E-state index is -0.672. The number of carbonyl (C=O) groups excluding carboxylic acids is 1. The zero-order valence-electron chi connectivity index (χ0n) is 21.9. The van der Waals surface area contributed by atoms with Gasteiger partial charge in [0.05, 0.1) is 44.3 Å². The third-order valence-electron chi connectivity index (χ3n) is 5.61. The fourth-order valence-electron chi connectivity index (χ4n) is 3.85. The average molecular weight is 522 g/mol. The van der Waals surface area contributed by atoms with E-state index in [1.54, 1.807) is 53.5 Å². The Morgan fingerprint density at radius 1 is 1.03 bits per heavy atom. The number of benzene rings is 1. The van der Waals surface area contributed by atoms with E-state index >= 15 is 0 Å². The number of fused-ring (bicyclic) bond motifs is 3. The molecule has 0 aliphatic rings. The summed E-state index contributed by atoms with van der Waals surface area (Å²) >= 11 is 0. The summed E-state index contributed by atoms with van der Waals surface area (Å²) in [4.78, 5) is 25.4. The highest BCUT2D eigenvalue weighted by atomic mass is 16.6. The Labute approximate surface area is 219 Å². The molecule has 1 atom stereocenters. The number of pyridine rings is 3. The van der Waals surface area contributed by atoms with Gasteiger partial charge in [-0.15, -0.1) is 0 Å². The maximum absolute atomic E-state index is 12.0. The first-order valence-corrected chi connectivity index (χ1v) is 11.9. The first-order chi connectivity index (χ1) is 18.1. The summed E-state index contributed by atoms with van der Waals surface area (Å²) in [5, 5.41) is 14.6. The van der Waals surface area contributed by atoms with Crippen LogP contribution in [0.1, 0.15) is 20.8 Å². The molecule has 11 heteroatoms. The largest absolute Gasteiger partial charge is 0.493 e. The lowest BCUT2D eigenvalue weighted by Crippen LogP contribution is -2.44. The van der Waals surface area contributed by atoms with Gasteiger partial charge in [0.25, 0.3) is 0 Å². The van der Waals surface area contributed by atoms with Crippen LogP contribution in [-0.4, -0.2) is 65.2 Å². The molecule has 11 nitrogen and oxygen atoms in total. The number of aromatic nitrogens is 3. The molecule has 1 amide bonds.